The largest absolute Gasteiger partial charge is 0.297 e. The molecule has 3 fully saturated rings. The van der Waals surface area contributed by atoms with Gasteiger partial charge in [-0.3, -0.25) is 4.90 Å². The molecule has 3 aliphatic rings. The quantitative estimate of drug-likeness (QED) is 0.786. The first-order valence-electron chi connectivity index (χ1n) is 9.48. The predicted octanol–water partition coefficient (Wildman–Crippen LogP) is 4.73. The van der Waals surface area contributed by atoms with Gasteiger partial charge in [0.1, 0.15) is 0 Å². The maximum absolute atomic E-state index is 9.14. The first kappa shape index (κ1) is 15.2. The van der Waals surface area contributed by atoms with Crippen LogP contribution in [0.25, 0.3) is 0 Å². The number of rotatable bonds is 5. The maximum atomic E-state index is 9.14. The third-order valence-electron chi connectivity index (χ3n) is 6.76. The minimum Gasteiger partial charge on any atom is -0.297 e. The predicted molar refractivity (Wildman–Crippen MR) is 93.0 cm³/mol. The van der Waals surface area contributed by atoms with Gasteiger partial charge in [0.05, 0.1) is 12.5 Å². The molecule has 0 amide bonds. The number of benzene rings is 1. The Hall–Kier alpha value is -1.33. The molecule has 4 rings (SSSR count). The lowest BCUT2D eigenvalue weighted by atomic mass is 9.72. The molecule has 0 bridgehead atoms. The van der Waals surface area contributed by atoms with Crippen molar-refractivity contribution in [1.29, 1.82) is 5.26 Å². The molecule has 0 spiro atoms. The molecule has 1 saturated heterocycles. The van der Waals surface area contributed by atoms with E-state index in [0.717, 1.165) is 24.2 Å². The van der Waals surface area contributed by atoms with Gasteiger partial charge in [-0.05, 0) is 81.4 Å². The summed E-state index contributed by atoms with van der Waals surface area (Å²) < 4.78 is 0. The van der Waals surface area contributed by atoms with E-state index in [-0.39, 0.29) is 5.54 Å². The topological polar surface area (TPSA) is 27.0 Å². The summed E-state index contributed by atoms with van der Waals surface area (Å²) >= 11 is 0. The van der Waals surface area contributed by atoms with Crippen molar-refractivity contribution in [3.8, 4) is 6.07 Å². The fraction of sp³-hybridized carbons (Fsp3) is 0.667. The lowest BCUT2D eigenvalue weighted by Crippen LogP contribution is -2.56. The summed E-state index contributed by atoms with van der Waals surface area (Å²) in [5.41, 5.74) is 1.82. The summed E-state index contributed by atoms with van der Waals surface area (Å²) in [7, 11) is 0. The third-order valence-corrected chi connectivity index (χ3v) is 6.76. The Balaban J connectivity index is 1.26. The highest BCUT2D eigenvalue weighted by Gasteiger charge is 2.44. The highest BCUT2D eigenvalue weighted by Crippen LogP contribution is 2.52. The Morgan fingerprint density at radius 3 is 2.48 bits per heavy atom. The summed E-state index contributed by atoms with van der Waals surface area (Å²) in [6.45, 7) is 2.46. The number of hydrogen-bond donors (Lipinski definition) is 0. The number of hydrogen-bond acceptors (Lipinski definition) is 2. The van der Waals surface area contributed by atoms with Crippen molar-refractivity contribution in [1.82, 2.24) is 4.90 Å². The van der Waals surface area contributed by atoms with Crippen LogP contribution in [-0.2, 0) is 0 Å². The molecule has 2 nitrogen and oxygen atoms in total. The zero-order valence-electron chi connectivity index (χ0n) is 14.1. The van der Waals surface area contributed by atoms with Gasteiger partial charge in [0.15, 0.2) is 0 Å². The van der Waals surface area contributed by atoms with Gasteiger partial charge in [-0.25, -0.2) is 0 Å². The van der Waals surface area contributed by atoms with Crippen LogP contribution in [0, 0.1) is 23.2 Å². The Morgan fingerprint density at radius 2 is 1.87 bits per heavy atom. The average molecular weight is 308 g/mol. The Labute approximate surface area is 140 Å². The summed E-state index contributed by atoms with van der Waals surface area (Å²) in [6.07, 6.45) is 10.1. The van der Waals surface area contributed by atoms with Crippen molar-refractivity contribution in [2.75, 3.05) is 13.1 Å². The van der Waals surface area contributed by atoms with Crippen molar-refractivity contribution in [3.63, 3.8) is 0 Å². The van der Waals surface area contributed by atoms with Crippen LogP contribution >= 0.6 is 0 Å². The zero-order valence-corrected chi connectivity index (χ0v) is 14.1. The van der Waals surface area contributed by atoms with Gasteiger partial charge in [-0.1, -0.05) is 30.3 Å². The van der Waals surface area contributed by atoms with E-state index >= 15 is 0 Å². The van der Waals surface area contributed by atoms with Crippen LogP contribution in [0.3, 0.4) is 0 Å². The fourth-order valence-electron chi connectivity index (χ4n) is 5.02. The van der Waals surface area contributed by atoms with Gasteiger partial charge < -0.3 is 0 Å². The van der Waals surface area contributed by atoms with Crippen LogP contribution in [0.4, 0.5) is 0 Å². The van der Waals surface area contributed by atoms with Crippen molar-refractivity contribution >= 4 is 0 Å². The minimum atomic E-state index is 0.270. The van der Waals surface area contributed by atoms with Gasteiger partial charge in [-0.2, -0.15) is 5.26 Å². The average Bonchev–Trinajstić information content (AvgIpc) is 3.32. The highest BCUT2D eigenvalue weighted by atomic mass is 15.2. The number of nitrogens with zero attached hydrogens (tertiary/aromatic N) is 2. The summed E-state index contributed by atoms with van der Waals surface area (Å²) in [5, 5.41) is 9.14. The van der Waals surface area contributed by atoms with Crippen LogP contribution in [0.5, 0.6) is 0 Å². The first-order valence-corrected chi connectivity index (χ1v) is 9.48. The van der Waals surface area contributed by atoms with Gasteiger partial charge in [0, 0.05) is 5.54 Å². The van der Waals surface area contributed by atoms with Crippen LogP contribution in [-0.4, -0.2) is 23.5 Å². The molecule has 1 aromatic rings. The minimum absolute atomic E-state index is 0.270. The van der Waals surface area contributed by atoms with Crippen LogP contribution < -0.4 is 0 Å². The lowest BCUT2D eigenvalue weighted by molar-refractivity contribution is -0.00671. The molecule has 122 valence electrons. The van der Waals surface area contributed by atoms with Gasteiger partial charge in [0.25, 0.3) is 0 Å². The second-order valence-electron chi connectivity index (χ2n) is 8.09. The molecule has 2 aliphatic carbocycles. The normalized spacial score (nSPS) is 30.4. The zero-order chi connectivity index (χ0) is 15.7. The van der Waals surface area contributed by atoms with Gasteiger partial charge >= 0.3 is 0 Å². The monoisotopic (exact) mass is 308 g/mol. The summed E-state index contributed by atoms with van der Waals surface area (Å²) in [4.78, 5) is 2.66. The molecule has 0 aromatic heterocycles. The molecular weight excluding hydrogens is 280 g/mol. The molecule has 1 aromatic carbocycles. The first-order chi connectivity index (χ1) is 11.3. The van der Waals surface area contributed by atoms with Crippen molar-refractivity contribution in [2.45, 2.75) is 62.8 Å². The van der Waals surface area contributed by atoms with E-state index in [4.69, 9.17) is 5.26 Å². The van der Waals surface area contributed by atoms with Crippen molar-refractivity contribution in [2.24, 2.45) is 11.8 Å². The van der Waals surface area contributed by atoms with E-state index in [1.165, 1.54) is 58.0 Å². The molecule has 2 unspecified atom stereocenters. The molecular formula is C21H28N2. The van der Waals surface area contributed by atoms with E-state index in [2.05, 4.69) is 41.3 Å². The Bertz CT molecular complexity index is 561. The number of piperidine rings is 1. The molecule has 2 atom stereocenters. The lowest BCUT2D eigenvalue weighted by Gasteiger charge is -2.51. The van der Waals surface area contributed by atoms with E-state index in [9.17, 15) is 0 Å². The molecule has 1 heterocycles. The van der Waals surface area contributed by atoms with Crippen LogP contribution in [0.2, 0.25) is 0 Å². The van der Waals surface area contributed by atoms with Gasteiger partial charge in [0.2, 0.25) is 0 Å². The summed E-state index contributed by atoms with van der Waals surface area (Å²) in [5.74, 6) is 2.70. The summed E-state index contributed by atoms with van der Waals surface area (Å²) in [6, 6.07) is 13.5. The molecule has 0 radical (unpaired) electrons. The molecule has 1 aliphatic heterocycles. The van der Waals surface area contributed by atoms with Gasteiger partial charge in [-0.15, -0.1) is 0 Å². The van der Waals surface area contributed by atoms with E-state index in [0.29, 0.717) is 0 Å². The fourth-order valence-corrected chi connectivity index (χ4v) is 5.02. The smallest absolute Gasteiger partial charge is 0.0641 e. The highest BCUT2D eigenvalue weighted by molar-refractivity contribution is 5.25. The molecule has 0 N–H and O–H groups in total. The van der Waals surface area contributed by atoms with Crippen LogP contribution in [0.15, 0.2) is 30.3 Å². The van der Waals surface area contributed by atoms with Crippen molar-refractivity contribution < 1.29 is 0 Å². The Kier molecular flexibility index (Phi) is 4.16. The maximum Gasteiger partial charge on any atom is 0.0641 e. The molecule has 2 heteroatoms. The second kappa shape index (κ2) is 6.29. The Morgan fingerprint density at radius 1 is 1.13 bits per heavy atom. The second-order valence-corrected chi connectivity index (χ2v) is 8.09. The molecule has 2 saturated carbocycles. The van der Waals surface area contributed by atoms with E-state index in [1.54, 1.807) is 5.56 Å². The molecule has 23 heavy (non-hydrogen) atoms. The van der Waals surface area contributed by atoms with Crippen molar-refractivity contribution in [3.05, 3.63) is 35.9 Å². The third kappa shape index (κ3) is 3.04. The van der Waals surface area contributed by atoms with E-state index in [1.807, 2.05) is 0 Å². The number of nitriles is 1. The van der Waals surface area contributed by atoms with E-state index < -0.39 is 0 Å². The van der Waals surface area contributed by atoms with Crippen LogP contribution in [0.1, 0.15) is 62.8 Å². The number of likely N-dealkylation sites (tertiary alicyclic amines) is 1. The standard InChI is InChI=1S/C21H28N2/c22-12-11-21(9-4-10-21)23-13-7-17(8-14-23)15-19-16-20(19)18-5-2-1-3-6-18/h1-3,5-6,17,19-20H,4,7-11,13-16H2. The SMILES string of the molecule is N#CCC1(N2CCC(CC3CC3c3ccccc3)CC2)CCC1.